The van der Waals surface area contributed by atoms with E-state index in [0.717, 1.165) is 0 Å². The van der Waals surface area contributed by atoms with Crippen molar-refractivity contribution in [3.63, 3.8) is 0 Å². The molecule has 0 radical (unpaired) electrons. The second kappa shape index (κ2) is 16.7. The maximum atomic E-state index is 3.36. The molecule has 0 aromatic heterocycles. The fourth-order valence-corrected chi connectivity index (χ4v) is 0. The van der Waals surface area contributed by atoms with Crippen LogP contribution in [0.25, 0.3) is 0 Å². The van der Waals surface area contributed by atoms with Crippen molar-refractivity contribution in [1.29, 1.82) is 0 Å². The minimum atomic E-state index is 1.62. The summed E-state index contributed by atoms with van der Waals surface area (Å²) in [4.78, 5) is 0. The molecular weight excluding hydrogens is 131 g/mol. The molecule has 0 aromatic rings. The van der Waals surface area contributed by atoms with E-state index >= 15 is 0 Å². The van der Waals surface area contributed by atoms with Crippen LogP contribution in [0.2, 0.25) is 11.8 Å². The summed E-state index contributed by atoms with van der Waals surface area (Å²) in [5.74, 6) is 4.12. The van der Waals surface area contributed by atoms with E-state index in [9.17, 15) is 0 Å². The summed E-state index contributed by atoms with van der Waals surface area (Å²) < 4.78 is 0. The number of rotatable bonds is 1. The van der Waals surface area contributed by atoms with Gasteiger partial charge in [-0.3, -0.25) is 0 Å². The summed E-state index contributed by atoms with van der Waals surface area (Å²) in [6.45, 7) is 6.72. The standard InChI is InChI=1S/C4H6.2CH3.Ni/c1-3-4-2;;;/h3-4H,1-2H2;2*1H3;. The molecule has 0 aliphatic rings. The Kier molecular flexibility index (Phi) is 24.0. The first kappa shape index (κ1) is 10.1. The molecule has 0 N–H and O–H groups in total. The van der Waals surface area contributed by atoms with Gasteiger partial charge in [-0.25, -0.2) is 0 Å². The Bertz CT molecular complexity index is 33.4. The fraction of sp³-hybridized carbons (Fsp3) is 0.333. The molecule has 0 saturated heterocycles. The van der Waals surface area contributed by atoms with Crippen molar-refractivity contribution in [2.75, 3.05) is 0 Å². The zero-order chi connectivity index (χ0) is 6.12. The van der Waals surface area contributed by atoms with Gasteiger partial charge in [0.1, 0.15) is 0 Å². The average molecular weight is 143 g/mol. The number of hydrogen-bond donors (Lipinski definition) is 0. The molecule has 0 aliphatic heterocycles. The van der Waals surface area contributed by atoms with Crippen LogP contribution in [0.4, 0.5) is 0 Å². The normalized spacial score (nSPS) is 6.00. The molecule has 0 heterocycles. The van der Waals surface area contributed by atoms with Gasteiger partial charge in [-0.2, -0.15) is 0 Å². The van der Waals surface area contributed by atoms with Gasteiger partial charge >= 0.3 is 26.2 Å². The zero-order valence-corrected chi connectivity index (χ0v) is 5.87. The van der Waals surface area contributed by atoms with Gasteiger partial charge < -0.3 is 0 Å². The van der Waals surface area contributed by atoms with Crippen LogP contribution in [0.1, 0.15) is 0 Å². The molecule has 0 aromatic carbocycles. The van der Waals surface area contributed by atoms with Gasteiger partial charge in [0.15, 0.2) is 0 Å². The van der Waals surface area contributed by atoms with E-state index in [1.165, 1.54) is 0 Å². The van der Waals surface area contributed by atoms with Gasteiger partial charge in [-0.1, -0.05) is 25.3 Å². The predicted molar refractivity (Wildman–Crippen MR) is 32.1 cm³/mol. The molecular formula is C6H12Ni. The Balaban J connectivity index is 0. The SMILES string of the molecule is C=CC=C.[CH3][Ni][CH3]. The van der Waals surface area contributed by atoms with Crippen molar-refractivity contribution in [3.05, 3.63) is 25.3 Å². The molecule has 0 unspecified atom stereocenters. The summed E-state index contributed by atoms with van der Waals surface area (Å²) >= 11 is 1.62. The van der Waals surface area contributed by atoms with E-state index in [0.29, 0.717) is 0 Å². The predicted octanol–water partition coefficient (Wildman–Crippen LogP) is 2.52. The number of allylic oxidation sites excluding steroid dienone is 2. The van der Waals surface area contributed by atoms with E-state index in [1.54, 1.807) is 26.6 Å². The Labute approximate surface area is 52.1 Å². The van der Waals surface area contributed by atoms with Gasteiger partial charge in [0.25, 0.3) is 0 Å². The van der Waals surface area contributed by atoms with Crippen molar-refractivity contribution in [2.45, 2.75) is 11.8 Å². The van der Waals surface area contributed by atoms with Crippen LogP contribution in [-0.2, 0) is 14.4 Å². The third-order valence-electron chi connectivity index (χ3n) is 0.167. The Hall–Kier alpha value is -0.0265. The van der Waals surface area contributed by atoms with Gasteiger partial charge in [0, 0.05) is 0 Å². The van der Waals surface area contributed by atoms with Crippen LogP contribution in [-0.4, -0.2) is 0 Å². The maximum absolute atomic E-state index is 3.36. The summed E-state index contributed by atoms with van der Waals surface area (Å²) in [5.41, 5.74) is 0. The third-order valence-corrected chi connectivity index (χ3v) is 0.167. The van der Waals surface area contributed by atoms with Crippen molar-refractivity contribution in [3.8, 4) is 0 Å². The van der Waals surface area contributed by atoms with Crippen molar-refractivity contribution in [2.24, 2.45) is 0 Å². The fourth-order valence-electron chi connectivity index (χ4n) is 0. The molecule has 0 nitrogen and oxygen atoms in total. The summed E-state index contributed by atoms with van der Waals surface area (Å²) in [6, 6.07) is 0. The van der Waals surface area contributed by atoms with Gasteiger partial charge in [0.2, 0.25) is 0 Å². The van der Waals surface area contributed by atoms with Gasteiger partial charge in [-0.15, -0.1) is 0 Å². The first-order chi connectivity index (χ1) is 3.33. The Morgan fingerprint density at radius 3 is 1.29 bits per heavy atom. The molecule has 0 saturated carbocycles. The molecule has 0 spiro atoms. The molecule has 0 aliphatic carbocycles. The van der Waals surface area contributed by atoms with E-state index in [1.807, 2.05) is 0 Å². The zero-order valence-electron chi connectivity index (χ0n) is 4.89. The Morgan fingerprint density at radius 1 is 1.14 bits per heavy atom. The summed E-state index contributed by atoms with van der Waals surface area (Å²) in [5, 5.41) is 0. The molecule has 46 valence electrons. The van der Waals surface area contributed by atoms with Crippen LogP contribution in [0.15, 0.2) is 25.3 Å². The molecule has 0 amide bonds. The first-order valence-electron chi connectivity index (χ1n) is 1.78. The molecule has 0 atom stereocenters. The van der Waals surface area contributed by atoms with Gasteiger partial charge in [-0.05, 0) is 0 Å². The van der Waals surface area contributed by atoms with E-state index < -0.39 is 0 Å². The first-order valence-corrected chi connectivity index (χ1v) is 3.76. The Morgan fingerprint density at radius 2 is 1.29 bits per heavy atom. The molecule has 7 heavy (non-hydrogen) atoms. The quantitative estimate of drug-likeness (QED) is 0.390. The van der Waals surface area contributed by atoms with Crippen molar-refractivity contribution in [1.82, 2.24) is 0 Å². The molecule has 0 rings (SSSR count). The average Bonchev–Trinajstić information content (AvgIpc) is 1.69. The molecule has 0 bridgehead atoms. The van der Waals surface area contributed by atoms with E-state index in [2.05, 4.69) is 24.9 Å². The van der Waals surface area contributed by atoms with Crippen molar-refractivity contribution < 1.29 is 14.4 Å². The summed E-state index contributed by atoms with van der Waals surface area (Å²) in [6.07, 6.45) is 3.28. The third kappa shape index (κ3) is 99.5. The second-order valence-corrected chi connectivity index (χ2v) is 1.78. The van der Waals surface area contributed by atoms with Crippen LogP contribution in [0.3, 0.4) is 0 Å². The second-order valence-electron chi connectivity index (χ2n) is 0.788. The number of hydrogen-bond acceptors (Lipinski definition) is 0. The van der Waals surface area contributed by atoms with Crippen LogP contribution in [0.5, 0.6) is 0 Å². The monoisotopic (exact) mass is 142 g/mol. The molecule has 1 heteroatoms. The van der Waals surface area contributed by atoms with E-state index in [-0.39, 0.29) is 0 Å². The van der Waals surface area contributed by atoms with Crippen LogP contribution >= 0.6 is 0 Å². The van der Waals surface area contributed by atoms with Gasteiger partial charge in [0.05, 0.1) is 0 Å². The summed E-state index contributed by atoms with van der Waals surface area (Å²) in [7, 11) is 0. The topological polar surface area (TPSA) is 0 Å². The van der Waals surface area contributed by atoms with Crippen LogP contribution < -0.4 is 0 Å². The molecule has 0 fully saturated rings. The van der Waals surface area contributed by atoms with Crippen molar-refractivity contribution >= 4 is 0 Å². The minimum absolute atomic E-state index is 1.62. The van der Waals surface area contributed by atoms with E-state index in [4.69, 9.17) is 0 Å². The van der Waals surface area contributed by atoms with Crippen LogP contribution in [0, 0.1) is 0 Å².